The van der Waals surface area contributed by atoms with E-state index in [1.54, 1.807) is 24.7 Å². The van der Waals surface area contributed by atoms with E-state index in [2.05, 4.69) is 43.6 Å². The predicted molar refractivity (Wildman–Crippen MR) is 147 cm³/mol. The Hall–Kier alpha value is -4.85. The van der Waals surface area contributed by atoms with E-state index in [9.17, 15) is 0 Å². The molecule has 1 fully saturated rings. The number of aromatic nitrogens is 7. The first-order valence-electron chi connectivity index (χ1n) is 12.2. The third-order valence-corrected chi connectivity index (χ3v) is 6.48. The Labute approximate surface area is 214 Å². The molecule has 182 valence electrons. The Morgan fingerprint density at radius 2 is 1.97 bits per heavy atom. The largest absolute Gasteiger partial charge is 0.359 e. The second-order valence-electron chi connectivity index (χ2n) is 9.02. The van der Waals surface area contributed by atoms with Crippen molar-refractivity contribution in [2.24, 2.45) is 5.92 Å². The number of imidazole rings is 1. The molecule has 5 aromatic rings. The molecule has 0 saturated heterocycles. The average Bonchev–Trinajstić information content (AvgIpc) is 3.57. The van der Waals surface area contributed by atoms with Gasteiger partial charge in [-0.1, -0.05) is 25.3 Å². The molecule has 0 unspecified atom stereocenters. The smallest absolute Gasteiger partial charge is 0.161 e. The lowest BCUT2D eigenvalue weighted by Crippen LogP contribution is -2.11. The van der Waals surface area contributed by atoms with Gasteiger partial charge in [-0.3, -0.25) is 15.1 Å². The van der Waals surface area contributed by atoms with E-state index >= 15 is 0 Å². The molecule has 8 nitrogen and oxygen atoms in total. The Bertz CT molecular complexity index is 1700. The van der Waals surface area contributed by atoms with E-state index in [0.717, 1.165) is 56.0 Å². The minimum atomic E-state index is 0.553. The van der Waals surface area contributed by atoms with Gasteiger partial charge in [0.25, 0.3) is 0 Å². The highest BCUT2D eigenvalue weighted by atomic mass is 15.2. The molecule has 0 spiro atoms. The normalized spacial score (nSPS) is 14.3. The van der Waals surface area contributed by atoms with Crippen LogP contribution in [0.3, 0.4) is 0 Å². The van der Waals surface area contributed by atoms with Gasteiger partial charge in [0.05, 0.1) is 28.6 Å². The fraction of sp³-hybridized carbons (Fsp3) is 0.138. The van der Waals surface area contributed by atoms with Crippen LogP contribution in [-0.4, -0.2) is 35.1 Å². The van der Waals surface area contributed by atoms with Gasteiger partial charge >= 0.3 is 0 Å². The molecule has 8 heteroatoms. The van der Waals surface area contributed by atoms with Gasteiger partial charge in [0.2, 0.25) is 0 Å². The van der Waals surface area contributed by atoms with Crippen molar-refractivity contribution in [3.8, 4) is 22.8 Å². The van der Waals surface area contributed by atoms with Gasteiger partial charge in [0, 0.05) is 29.4 Å². The van der Waals surface area contributed by atoms with Crippen LogP contribution in [-0.2, 0) is 0 Å². The summed E-state index contributed by atoms with van der Waals surface area (Å²) < 4.78 is 0. The maximum absolute atomic E-state index is 4.97. The van der Waals surface area contributed by atoms with E-state index in [-0.39, 0.29) is 0 Å². The SMILES string of the molecule is C=C/C(=C\C(=C/C)c1ccc2[nH]nc(-c3nc4c(-c5ccccn5)cncc4[nH]3)c2n1)NC(=C)C1CC1. The standard InChI is InChI=1S/C29H26N8/c1-4-18(14-20(5-2)32-17(3)19-9-10-19)22-11-12-24-27(33-22)28(37-36-24)29-34-25-16-30-15-21(26(25)35-29)23-8-6-7-13-31-23/h4-8,11-16,19,32H,2-3,9-10H2,1H3,(H,34,35)(H,36,37)/b18-4+,20-14+. The van der Waals surface area contributed by atoms with Gasteiger partial charge in [-0.05, 0) is 67.7 Å². The van der Waals surface area contributed by atoms with Gasteiger partial charge < -0.3 is 10.3 Å². The Morgan fingerprint density at radius 3 is 2.73 bits per heavy atom. The summed E-state index contributed by atoms with van der Waals surface area (Å²) in [4.78, 5) is 22.0. The molecule has 1 aliphatic rings. The number of allylic oxidation sites excluding steroid dienone is 5. The molecule has 1 aliphatic carbocycles. The maximum atomic E-state index is 4.97. The van der Waals surface area contributed by atoms with Crippen LogP contribution in [0.2, 0.25) is 0 Å². The number of H-pyrrole nitrogens is 2. The molecular weight excluding hydrogens is 460 g/mol. The molecule has 37 heavy (non-hydrogen) atoms. The summed E-state index contributed by atoms with van der Waals surface area (Å²) in [7, 11) is 0. The van der Waals surface area contributed by atoms with Gasteiger partial charge in [-0.2, -0.15) is 5.10 Å². The molecule has 5 aromatic heterocycles. The number of aromatic amines is 2. The zero-order valence-corrected chi connectivity index (χ0v) is 20.5. The summed E-state index contributed by atoms with van der Waals surface area (Å²) in [5.41, 5.74) is 9.17. The van der Waals surface area contributed by atoms with Crippen LogP contribution in [0.15, 0.2) is 91.7 Å². The van der Waals surface area contributed by atoms with E-state index in [4.69, 9.17) is 9.97 Å². The average molecular weight is 487 g/mol. The highest BCUT2D eigenvalue weighted by Gasteiger charge is 2.24. The summed E-state index contributed by atoms with van der Waals surface area (Å²) in [6.45, 7) is 10.1. The number of nitrogens with zero attached hydrogens (tertiary/aromatic N) is 5. The lowest BCUT2D eigenvalue weighted by Gasteiger charge is -2.11. The zero-order chi connectivity index (χ0) is 25.4. The van der Waals surface area contributed by atoms with Crippen LogP contribution in [0, 0.1) is 5.92 Å². The zero-order valence-electron chi connectivity index (χ0n) is 20.5. The fourth-order valence-corrected chi connectivity index (χ4v) is 4.32. The second-order valence-corrected chi connectivity index (χ2v) is 9.02. The molecule has 5 heterocycles. The second kappa shape index (κ2) is 9.31. The molecule has 0 aromatic carbocycles. The van der Waals surface area contributed by atoms with Crippen molar-refractivity contribution < 1.29 is 0 Å². The number of hydrogen-bond acceptors (Lipinski definition) is 6. The van der Waals surface area contributed by atoms with Crippen LogP contribution in [0.25, 0.3) is 50.4 Å². The molecule has 0 atom stereocenters. The molecule has 0 radical (unpaired) electrons. The highest BCUT2D eigenvalue weighted by Crippen LogP contribution is 2.35. The van der Waals surface area contributed by atoms with Crippen LogP contribution < -0.4 is 5.32 Å². The number of rotatable bonds is 8. The quantitative estimate of drug-likeness (QED) is 0.234. The summed E-state index contributed by atoms with van der Waals surface area (Å²) in [6, 6.07) is 9.75. The Morgan fingerprint density at radius 1 is 1.08 bits per heavy atom. The third-order valence-electron chi connectivity index (χ3n) is 6.48. The van der Waals surface area contributed by atoms with Crippen molar-refractivity contribution in [1.29, 1.82) is 0 Å². The molecule has 0 aliphatic heterocycles. The highest BCUT2D eigenvalue weighted by molar-refractivity contribution is 5.95. The number of nitrogens with one attached hydrogen (secondary N) is 3. The fourth-order valence-electron chi connectivity index (χ4n) is 4.32. The molecule has 6 rings (SSSR count). The number of hydrogen-bond donors (Lipinski definition) is 3. The summed E-state index contributed by atoms with van der Waals surface area (Å²) >= 11 is 0. The molecular formula is C29H26N8. The molecule has 1 saturated carbocycles. The topological polar surface area (TPSA) is 108 Å². The molecule has 3 N–H and O–H groups in total. The summed E-state index contributed by atoms with van der Waals surface area (Å²) in [5.74, 6) is 1.17. The van der Waals surface area contributed by atoms with Gasteiger partial charge in [-0.15, -0.1) is 0 Å². The first-order chi connectivity index (χ1) is 18.1. The first-order valence-corrected chi connectivity index (χ1v) is 12.2. The number of fused-ring (bicyclic) bond motifs is 2. The minimum absolute atomic E-state index is 0.553. The summed E-state index contributed by atoms with van der Waals surface area (Å²) in [6.07, 6.45) is 13.6. The van der Waals surface area contributed by atoms with Gasteiger partial charge in [-0.25, -0.2) is 9.97 Å². The lowest BCUT2D eigenvalue weighted by atomic mass is 10.1. The monoisotopic (exact) mass is 486 g/mol. The van der Waals surface area contributed by atoms with Crippen LogP contribution in [0.1, 0.15) is 25.5 Å². The lowest BCUT2D eigenvalue weighted by molar-refractivity contribution is 0.865. The Balaban J connectivity index is 1.39. The maximum Gasteiger partial charge on any atom is 0.161 e. The van der Waals surface area contributed by atoms with Crippen molar-refractivity contribution in [3.05, 3.63) is 97.4 Å². The summed E-state index contributed by atoms with van der Waals surface area (Å²) in [5, 5.41) is 11.0. The van der Waals surface area contributed by atoms with Crippen LogP contribution >= 0.6 is 0 Å². The van der Waals surface area contributed by atoms with Crippen LogP contribution in [0.4, 0.5) is 0 Å². The first kappa shape index (κ1) is 22.6. The third kappa shape index (κ3) is 4.33. The minimum Gasteiger partial charge on any atom is -0.359 e. The van der Waals surface area contributed by atoms with Gasteiger partial charge in [0.15, 0.2) is 11.5 Å². The molecule has 0 bridgehead atoms. The van der Waals surface area contributed by atoms with Crippen molar-refractivity contribution in [3.63, 3.8) is 0 Å². The predicted octanol–water partition coefficient (Wildman–Crippen LogP) is 5.94. The van der Waals surface area contributed by atoms with Gasteiger partial charge in [0.1, 0.15) is 11.0 Å². The van der Waals surface area contributed by atoms with Crippen molar-refractivity contribution >= 4 is 27.6 Å². The number of pyridine rings is 3. The van der Waals surface area contributed by atoms with Crippen molar-refractivity contribution in [2.75, 3.05) is 0 Å². The van der Waals surface area contributed by atoms with E-state index in [0.29, 0.717) is 17.4 Å². The van der Waals surface area contributed by atoms with E-state index in [1.165, 1.54) is 12.8 Å². The van der Waals surface area contributed by atoms with Crippen molar-refractivity contribution in [1.82, 2.24) is 40.4 Å². The van der Waals surface area contributed by atoms with E-state index in [1.807, 2.05) is 49.4 Å². The van der Waals surface area contributed by atoms with Crippen LogP contribution in [0.5, 0.6) is 0 Å². The Kier molecular flexibility index (Phi) is 5.69. The van der Waals surface area contributed by atoms with Crippen molar-refractivity contribution in [2.45, 2.75) is 19.8 Å². The van der Waals surface area contributed by atoms with E-state index < -0.39 is 0 Å². The molecule has 0 amide bonds.